The van der Waals surface area contributed by atoms with Crippen LogP contribution in [0.25, 0.3) is 0 Å². The Labute approximate surface area is 113 Å². The number of nitrogens with one attached hydrogen (secondary N) is 1. The zero-order valence-corrected chi connectivity index (χ0v) is 11.7. The lowest BCUT2D eigenvalue weighted by atomic mass is 10.0. The Balaban J connectivity index is 2.41. The predicted molar refractivity (Wildman–Crippen MR) is 71.7 cm³/mol. The second-order valence-corrected chi connectivity index (χ2v) is 5.38. The highest BCUT2D eigenvalue weighted by Crippen LogP contribution is 2.10. The van der Waals surface area contributed by atoms with E-state index in [1.807, 2.05) is 6.92 Å². The van der Waals surface area contributed by atoms with Crippen LogP contribution in [0.5, 0.6) is 0 Å². The maximum Gasteiger partial charge on any atom is 0.220 e. The van der Waals surface area contributed by atoms with Crippen molar-refractivity contribution in [3.8, 4) is 0 Å². The minimum Gasteiger partial charge on any atom is -0.354 e. The average Bonchev–Trinajstić information content (AvgIpc) is 2.23. The lowest BCUT2D eigenvalue weighted by molar-refractivity contribution is -0.121. The van der Waals surface area contributed by atoms with Gasteiger partial charge in [0, 0.05) is 18.5 Å². The van der Waals surface area contributed by atoms with E-state index in [0.717, 1.165) is 12.5 Å². The molecule has 1 N–H and O–H groups in total. The van der Waals surface area contributed by atoms with Gasteiger partial charge in [0.15, 0.2) is 0 Å². The normalized spacial score (nSPS) is 12.5. The molecule has 0 aliphatic carbocycles. The van der Waals surface area contributed by atoms with Crippen molar-refractivity contribution in [3.05, 3.63) is 35.4 Å². The molecule has 4 heteroatoms. The number of carbonyl (C=O) groups excluding carboxylic acids is 1. The Morgan fingerprint density at radius 2 is 1.74 bits per heavy atom. The minimum absolute atomic E-state index is 0.0854. The first-order valence-corrected chi connectivity index (χ1v) is 6.61. The minimum atomic E-state index is -0.608. The molecule has 0 saturated carbocycles. The van der Waals surface area contributed by atoms with Gasteiger partial charge in [0.1, 0.15) is 11.6 Å². The van der Waals surface area contributed by atoms with Crippen molar-refractivity contribution in [2.75, 3.05) is 0 Å². The molecular weight excluding hydrogens is 248 g/mol. The van der Waals surface area contributed by atoms with Gasteiger partial charge in [-0.25, -0.2) is 8.78 Å². The van der Waals surface area contributed by atoms with E-state index in [1.165, 1.54) is 12.1 Å². The first kappa shape index (κ1) is 15.6. The highest BCUT2D eigenvalue weighted by atomic mass is 19.1. The molecule has 106 valence electrons. The van der Waals surface area contributed by atoms with Crippen molar-refractivity contribution in [3.63, 3.8) is 0 Å². The van der Waals surface area contributed by atoms with E-state index in [2.05, 4.69) is 19.2 Å². The van der Waals surface area contributed by atoms with Gasteiger partial charge in [0.25, 0.3) is 0 Å². The molecule has 0 fully saturated rings. The molecule has 0 bridgehead atoms. The molecule has 0 aromatic heterocycles. The van der Waals surface area contributed by atoms with Crippen LogP contribution in [0.2, 0.25) is 0 Å². The van der Waals surface area contributed by atoms with E-state index in [9.17, 15) is 13.6 Å². The van der Waals surface area contributed by atoms with Gasteiger partial charge >= 0.3 is 0 Å². The zero-order valence-electron chi connectivity index (χ0n) is 11.7. The van der Waals surface area contributed by atoms with E-state index in [4.69, 9.17) is 0 Å². The Morgan fingerprint density at radius 1 is 1.16 bits per heavy atom. The van der Waals surface area contributed by atoms with E-state index < -0.39 is 11.6 Å². The third-order valence-electron chi connectivity index (χ3n) is 2.80. The molecule has 1 unspecified atom stereocenters. The number of amides is 1. The van der Waals surface area contributed by atoms with Crippen LogP contribution in [0, 0.1) is 17.6 Å². The highest BCUT2D eigenvalue weighted by Gasteiger charge is 2.09. The van der Waals surface area contributed by atoms with Crippen LogP contribution in [-0.2, 0) is 11.2 Å². The van der Waals surface area contributed by atoms with Gasteiger partial charge in [-0.2, -0.15) is 0 Å². The molecular formula is C15H21F2NO. The van der Waals surface area contributed by atoms with Crippen molar-refractivity contribution >= 4 is 5.91 Å². The summed E-state index contributed by atoms with van der Waals surface area (Å²) < 4.78 is 25.9. The molecule has 1 atom stereocenters. The molecule has 1 rings (SSSR count). The monoisotopic (exact) mass is 269 g/mol. The summed E-state index contributed by atoms with van der Waals surface area (Å²) in [6.07, 6.45) is 1.50. The Bertz CT molecular complexity index is 412. The molecule has 0 saturated heterocycles. The van der Waals surface area contributed by atoms with Crippen LogP contribution in [0.15, 0.2) is 18.2 Å². The number of carbonyl (C=O) groups is 1. The fourth-order valence-electron chi connectivity index (χ4n) is 2.13. The van der Waals surface area contributed by atoms with Gasteiger partial charge in [-0.1, -0.05) is 13.8 Å². The average molecular weight is 269 g/mol. The number of benzene rings is 1. The first-order chi connectivity index (χ1) is 8.86. The topological polar surface area (TPSA) is 29.1 Å². The Kier molecular flexibility index (Phi) is 5.93. The van der Waals surface area contributed by atoms with E-state index in [-0.39, 0.29) is 18.4 Å². The van der Waals surface area contributed by atoms with Crippen LogP contribution < -0.4 is 5.32 Å². The predicted octanol–water partition coefficient (Wildman–Crippen LogP) is 3.45. The van der Waals surface area contributed by atoms with E-state index in [1.54, 1.807) is 0 Å². The number of hydrogen-bond acceptors (Lipinski definition) is 1. The van der Waals surface area contributed by atoms with Crippen molar-refractivity contribution in [1.29, 1.82) is 0 Å². The van der Waals surface area contributed by atoms with Gasteiger partial charge in [-0.05, 0) is 43.4 Å². The third kappa shape index (κ3) is 6.32. The molecule has 0 aliphatic rings. The van der Waals surface area contributed by atoms with Crippen molar-refractivity contribution in [1.82, 2.24) is 5.32 Å². The molecule has 1 aromatic rings. The van der Waals surface area contributed by atoms with Crippen LogP contribution in [-0.4, -0.2) is 11.9 Å². The van der Waals surface area contributed by atoms with E-state index >= 15 is 0 Å². The second-order valence-electron chi connectivity index (χ2n) is 5.38. The molecule has 0 aliphatic heterocycles. The van der Waals surface area contributed by atoms with Crippen molar-refractivity contribution < 1.29 is 13.6 Å². The molecule has 2 nitrogen and oxygen atoms in total. The molecule has 1 amide bonds. The molecule has 0 heterocycles. The quantitative estimate of drug-likeness (QED) is 0.842. The number of rotatable bonds is 6. The van der Waals surface area contributed by atoms with Crippen LogP contribution in [0.4, 0.5) is 8.78 Å². The van der Waals surface area contributed by atoms with E-state index in [0.29, 0.717) is 17.9 Å². The fraction of sp³-hybridized carbons (Fsp3) is 0.533. The largest absolute Gasteiger partial charge is 0.354 e. The standard InChI is InChI=1S/C15H21F2NO/c1-10(2)6-11(3)18-15(19)5-4-12-7-13(16)9-14(17)8-12/h7-11H,4-6H2,1-3H3,(H,18,19). The van der Waals surface area contributed by atoms with Crippen molar-refractivity contribution in [2.45, 2.75) is 46.1 Å². The first-order valence-electron chi connectivity index (χ1n) is 6.61. The lowest BCUT2D eigenvalue weighted by Crippen LogP contribution is -2.33. The summed E-state index contributed by atoms with van der Waals surface area (Å²) >= 11 is 0. The van der Waals surface area contributed by atoms with Gasteiger partial charge in [-0.3, -0.25) is 4.79 Å². The summed E-state index contributed by atoms with van der Waals surface area (Å²) in [5.41, 5.74) is 0.504. The maximum atomic E-state index is 13.0. The molecule has 1 aromatic carbocycles. The number of halogens is 2. The maximum absolute atomic E-state index is 13.0. The van der Waals surface area contributed by atoms with Crippen LogP contribution in [0.3, 0.4) is 0 Å². The van der Waals surface area contributed by atoms with Gasteiger partial charge < -0.3 is 5.32 Å². The smallest absolute Gasteiger partial charge is 0.220 e. The molecule has 0 spiro atoms. The summed E-state index contributed by atoms with van der Waals surface area (Å²) in [7, 11) is 0. The Morgan fingerprint density at radius 3 is 2.26 bits per heavy atom. The molecule has 19 heavy (non-hydrogen) atoms. The molecule has 0 radical (unpaired) electrons. The van der Waals surface area contributed by atoms with Crippen molar-refractivity contribution in [2.24, 2.45) is 5.92 Å². The van der Waals surface area contributed by atoms with Gasteiger partial charge in [0.05, 0.1) is 0 Å². The summed E-state index contributed by atoms with van der Waals surface area (Å²) in [5.74, 6) is -0.780. The lowest BCUT2D eigenvalue weighted by Gasteiger charge is -2.15. The summed E-state index contributed by atoms with van der Waals surface area (Å²) in [4.78, 5) is 11.7. The number of aryl methyl sites for hydroxylation is 1. The van der Waals surface area contributed by atoms with Gasteiger partial charge in [-0.15, -0.1) is 0 Å². The van der Waals surface area contributed by atoms with Crippen LogP contribution >= 0.6 is 0 Å². The second kappa shape index (κ2) is 7.22. The zero-order chi connectivity index (χ0) is 14.4. The summed E-state index contributed by atoms with van der Waals surface area (Å²) in [5, 5.41) is 2.88. The summed E-state index contributed by atoms with van der Waals surface area (Å²) in [6.45, 7) is 6.15. The van der Waals surface area contributed by atoms with Gasteiger partial charge in [0.2, 0.25) is 5.91 Å². The Hall–Kier alpha value is -1.45. The SMILES string of the molecule is CC(C)CC(C)NC(=O)CCc1cc(F)cc(F)c1. The number of hydrogen-bond donors (Lipinski definition) is 1. The fourth-order valence-corrected chi connectivity index (χ4v) is 2.13. The third-order valence-corrected chi connectivity index (χ3v) is 2.80. The summed E-state index contributed by atoms with van der Waals surface area (Å²) in [6, 6.07) is 3.47. The van der Waals surface area contributed by atoms with Crippen LogP contribution in [0.1, 0.15) is 39.2 Å². The highest BCUT2D eigenvalue weighted by molar-refractivity contribution is 5.76.